The fourth-order valence-corrected chi connectivity index (χ4v) is 5.86. The number of sulfone groups is 1. The maximum atomic E-state index is 12.8. The van der Waals surface area contributed by atoms with Gasteiger partial charge in [-0.1, -0.05) is 17.7 Å². The molecule has 1 aromatic carbocycles. The van der Waals surface area contributed by atoms with Crippen LogP contribution in [0.3, 0.4) is 0 Å². The lowest BCUT2D eigenvalue weighted by Gasteiger charge is -2.43. The summed E-state index contributed by atoms with van der Waals surface area (Å²) in [6.07, 6.45) is 1.57. The minimum absolute atomic E-state index is 0.0371. The van der Waals surface area contributed by atoms with E-state index in [0.29, 0.717) is 23.0 Å². The number of carbonyl (C=O) groups is 1. The first-order valence-electron chi connectivity index (χ1n) is 7.97. The van der Waals surface area contributed by atoms with Gasteiger partial charge in [-0.2, -0.15) is 0 Å². The number of hydrogen-bond donors (Lipinski definition) is 0. The highest BCUT2D eigenvalue weighted by Gasteiger charge is 2.49. The first-order valence-corrected chi connectivity index (χ1v) is 10.2. The zero-order valence-electron chi connectivity index (χ0n) is 13.3. The standard InChI is InChI=1S/C17H17ClN2O4S/c18-12-3-1-4-13(7-12)20-16-11-25(22,23)10-15(16)19(9-17(20)21)8-14-5-2-6-24-14/h1-7,15-16H,8-11H2/t15-,16+/m0/s1. The summed E-state index contributed by atoms with van der Waals surface area (Å²) in [5, 5.41) is 0.515. The van der Waals surface area contributed by atoms with E-state index in [-0.39, 0.29) is 30.0 Å². The third kappa shape index (κ3) is 3.19. The van der Waals surface area contributed by atoms with Crippen molar-refractivity contribution in [3.8, 4) is 0 Å². The molecule has 2 saturated heterocycles. The zero-order valence-corrected chi connectivity index (χ0v) is 14.9. The van der Waals surface area contributed by atoms with Crippen LogP contribution in [0.4, 0.5) is 5.69 Å². The Morgan fingerprint density at radius 1 is 1.16 bits per heavy atom. The maximum absolute atomic E-state index is 12.8. The van der Waals surface area contributed by atoms with Crippen molar-refractivity contribution in [1.82, 2.24) is 4.90 Å². The molecule has 25 heavy (non-hydrogen) atoms. The molecule has 2 aromatic rings. The summed E-state index contributed by atoms with van der Waals surface area (Å²) >= 11 is 6.06. The lowest BCUT2D eigenvalue weighted by molar-refractivity contribution is -0.123. The Kier molecular flexibility index (Phi) is 4.10. The normalized spacial score (nSPS) is 26.0. The van der Waals surface area contributed by atoms with Gasteiger partial charge in [0.15, 0.2) is 9.84 Å². The summed E-state index contributed by atoms with van der Waals surface area (Å²) in [4.78, 5) is 16.3. The molecule has 132 valence electrons. The Labute approximate surface area is 150 Å². The second kappa shape index (κ2) is 6.16. The van der Waals surface area contributed by atoms with Gasteiger partial charge in [-0.3, -0.25) is 9.69 Å². The van der Waals surface area contributed by atoms with E-state index < -0.39 is 15.9 Å². The van der Waals surface area contributed by atoms with Crippen molar-refractivity contribution in [2.45, 2.75) is 18.6 Å². The summed E-state index contributed by atoms with van der Waals surface area (Å²) in [5.74, 6) is 0.590. The van der Waals surface area contributed by atoms with E-state index in [1.165, 1.54) is 0 Å². The molecular formula is C17H17ClN2O4S. The molecule has 1 aromatic heterocycles. The second-order valence-corrected chi connectivity index (χ2v) is 9.03. The van der Waals surface area contributed by atoms with E-state index in [1.54, 1.807) is 41.5 Å². The number of anilines is 1. The highest BCUT2D eigenvalue weighted by Crippen LogP contribution is 2.33. The highest BCUT2D eigenvalue weighted by atomic mass is 35.5. The summed E-state index contributed by atoms with van der Waals surface area (Å²) in [6, 6.07) is 9.91. The molecule has 2 fully saturated rings. The second-order valence-electron chi connectivity index (χ2n) is 6.44. The number of furan rings is 1. The summed E-state index contributed by atoms with van der Waals surface area (Å²) < 4.78 is 29.9. The van der Waals surface area contributed by atoms with Crippen molar-refractivity contribution in [3.05, 3.63) is 53.4 Å². The summed E-state index contributed by atoms with van der Waals surface area (Å²) in [7, 11) is -3.21. The molecule has 0 radical (unpaired) electrons. The van der Waals surface area contributed by atoms with Gasteiger partial charge in [0.2, 0.25) is 5.91 Å². The van der Waals surface area contributed by atoms with Crippen molar-refractivity contribution in [2.24, 2.45) is 0 Å². The van der Waals surface area contributed by atoms with Crippen molar-refractivity contribution < 1.29 is 17.6 Å². The summed E-state index contributed by atoms with van der Waals surface area (Å²) in [5.41, 5.74) is 0.641. The maximum Gasteiger partial charge on any atom is 0.241 e. The minimum atomic E-state index is -3.21. The average Bonchev–Trinajstić information content (AvgIpc) is 3.14. The van der Waals surface area contributed by atoms with Crippen LogP contribution < -0.4 is 4.90 Å². The number of fused-ring (bicyclic) bond motifs is 1. The molecule has 0 bridgehead atoms. The molecule has 2 aliphatic rings. The lowest BCUT2D eigenvalue weighted by atomic mass is 10.0. The van der Waals surface area contributed by atoms with Gasteiger partial charge < -0.3 is 9.32 Å². The van der Waals surface area contributed by atoms with E-state index in [1.807, 2.05) is 11.0 Å². The summed E-state index contributed by atoms with van der Waals surface area (Å²) in [6.45, 7) is 0.558. The monoisotopic (exact) mass is 380 g/mol. The van der Waals surface area contributed by atoms with E-state index in [0.717, 1.165) is 0 Å². The number of hydrogen-bond acceptors (Lipinski definition) is 5. The van der Waals surface area contributed by atoms with Gasteiger partial charge in [0.25, 0.3) is 0 Å². The highest BCUT2D eigenvalue weighted by molar-refractivity contribution is 7.91. The van der Waals surface area contributed by atoms with Gasteiger partial charge in [-0.15, -0.1) is 0 Å². The molecule has 6 nitrogen and oxygen atoms in total. The predicted molar refractivity (Wildman–Crippen MR) is 94.3 cm³/mol. The average molecular weight is 381 g/mol. The molecule has 0 saturated carbocycles. The van der Waals surface area contributed by atoms with E-state index in [2.05, 4.69) is 0 Å². The van der Waals surface area contributed by atoms with Gasteiger partial charge >= 0.3 is 0 Å². The number of nitrogens with zero attached hydrogens (tertiary/aromatic N) is 2. The Balaban J connectivity index is 1.69. The number of halogens is 1. The third-order valence-corrected chi connectivity index (χ3v) is 6.66. The molecule has 2 aliphatic heterocycles. The van der Waals surface area contributed by atoms with Crippen LogP contribution in [0.1, 0.15) is 5.76 Å². The lowest BCUT2D eigenvalue weighted by Crippen LogP contribution is -2.61. The molecule has 4 rings (SSSR count). The first kappa shape index (κ1) is 16.6. The largest absolute Gasteiger partial charge is 0.468 e. The van der Waals surface area contributed by atoms with Crippen molar-refractivity contribution in [2.75, 3.05) is 23.0 Å². The Bertz CT molecular complexity index is 897. The zero-order chi connectivity index (χ0) is 17.6. The molecule has 8 heteroatoms. The van der Waals surface area contributed by atoms with Gasteiger partial charge in [0, 0.05) is 16.8 Å². The molecule has 2 atom stereocenters. The third-order valence-electron chi connectivity index (χ3n) is 4.73. The van der Waals surface area contributed by atoms with Gasteiger partial charge in [-0.05, 0) is 30.3 Å². The Morgan fingerprint density at radius 2 is 1.96 bits per heavy atom. The Hall–Kier alpha value is -1.83. The van der Waals surface area contributed by atoms with Crippen LogP contribution in [0.5, 0.6) is 0 Å². The fraction of sp³-hybridized carbons (Fsp3) is 0.353. The van der Waals surface area contributed by atoms with Gasteiger partial charge in [0.05, 0.1) is 36.9 Å². The molecule has 3 heterocycles. The topological polar surface area (TPSA) is 70.8 Å². The fourth-order valence-electron chi connectivity index (χ4n) is 3.70. The number of amides is 1. The van der Waals surface area contributed by atoms with Crippen molar-refractivity contribution >= 4 is 33.0 Å². The smallest absolute Gasteiger partial charge is 0.241 e. The predicted octanol–water partition coefficient (Wildman–Crippen LogP) is 1.95. The molecule has 0 unspecified atom stereocenters. The van der Waals surface area contributed by atoms with E-state index >= 15 is 0 Å². The van der Waals surface area contributed by atoms with Crippen LogP contribution in [0.2, 0.25) is 5.02 Å². The van der Waals surface area contributed by atoms with E-state index in [9.17, 15) is 13.2 Å². The SMILES string of the molecule is O=C1CN(Cc2ccco2)[C@H]2CS(=O)(=O)C[C@H]2N1c1cccc(Cl)c1. The number of benzene rings is 1. The van der Waals surface area contributed by atoms with Gasteiger partial charge in [-0.25, -0.2) is 8.42 Å². The number of rotatable bonds is 3. The molecule has 0 spiro atoms. The van der Waals surface area contributed by atoms with Gasteiger partial charge in [0.1, 0.15) is 5.76 Å². The van der Waals surface area contributed by atoms with Crippen LogP contribution in [0, 0.1) is 0 Å². The molecule has 0 aliphatic carbocycles. The minimum Gasteiger partial charge on any atom is -0.468 e. The first-order chi connectivity index (χ1) is 11.9. The van der Waals surface area contributed by atoms with E-state index in [4.69, 9.17) is 16.0 Å². The van der Waals surface area contributed by atoms with Crippen LogP contribution in [0.15, 0.2) is 47.1 Å². The van der Waals surface area contributed by atoms with Crippen LogP contribution >= 0.6 is 11.6 Å². The molecular weight excluding hydrogens is 364 g/mol. The van der Waals surface area contributed by atoms with Crippen LogP contribution in [0.25, 0.3) is 0 Å². The molecule has 0 N–H and O–H groups in total. The number of piperazine rings is 1. The van der Waals surface area contributed by atoms with Crippen molar-refractivity contribution in [1.29, 1.82) is 0 Å². The quantitative estimate of drug-likeness (QED) is 0.813. The molecule has 1 amide bonds. The number of carbonyl (C=O) groups excluding carboxylic acids is 1. The van der Waals surface area contributed by atoms with Crippen molar-refractivity contribution in [3.63, 3.8) is 0 Å². The van der Waals surface area contributed by atoms with Crippen LogP contribution in [-0.2, 0) is 21.2 Å². The van der Waals surface area contributed by atoms with Crippen LogP contribution in [-0.4, -0.2) is 49.4 Å². The Morgan fingerprint density at radius 3 is 2.68 bits per heavy atom.